The Balaban J connectivity index is 1.55. The van der Waals surface area contributed by atoms with E-state index in [0.717, 1.165) is 10.6 Å². The topological polar surface area (TPSA) is 67.4 Å². The van der Waals surface area contributed by atoms with Crippen molar-refractivity contribution < 1.29 is 14.3 Å². The van der Waals surface area contributed by atoms with Gasteiger partial charge in [0.2, 0.25) is 11.8 Å². The average molecular weight is 372 g/mol. The molecule has 6 heteroatoms. The molecule has 5 nitrogen and oxygen atoms in total. The Kier molecular flexibility index (Phi) is 8.02. The highest BCUT2D eigenvalue weighted by Gasteiger charge is 2.06. The summed E-state index contributed by atoms with van der Waals surface area (Å²) in [6, 6.07) is 15.7. The van der Waals surface area contributed by atoms with E-state index in [4.69, 9.17) is 4.74 Å². The lowest BCUT2D eigenvalue weighted by Gasteiger charge is -2.08. The van der Waals surface area contributed by atoms with Crippen molar-refractivity contribution >= 4 is 23.6 Å². The fraction of sp³-hybridized carbons (Fsp3) is 0.300. The minimum absolute atomic E-state index is 0.230. The van der Waals surface area contributed by atoms with Gasteiger partial charge in [0.15, 0.2) is 0 Å². The van der Waals surface area contributed by atoms with Gasteiger partial charge in [-0.15, -0.1) is 11.8 Å². The fourth-order valence-electron chi connectivity index (χ4n) is 2.08. The number of nitrogens with one attached hydrogen (secondary N) is 2. The van der Waals surface area contributed by atoms with Crippen LogP contribution < -0.4 is 15.6 Å². The Labute approximate surface area is 158 Å². The first kappa shape index (κ1) is 19.8. The summed E-state index contributed by atoms with van der Waals surface area (Å²) in [5.74, 6) is 0.573. The Hall–Kier alpha value is -2.47. The maximum Gasteiger partial charge on any atom is 0.248 e. The average Bonchev–Trinajstić information content (AvgIpc) is 2.64. The normalized spacial score (nSPS) is 10.2. The van der Waals surface area contributed by atoms with E-state index < -0.39 is 0 Å². The zero-order valence-corrected chi connectivity index (χ0v) is 15.9. The highest BCUT2D eigenvalue weighted by Crippen LogP contribution is 2.17. The molecule has 2 N–H and O–H groups in total. The van der Waals surface area contributed by atoms with Gasteiger partial charge in [0.25, 0.3) is 0 Å². The molecule has 0 unspecified atom stereocenters. The van der Waals surface area contributed by atoms with Gasteiger partial charge in [-0.3, -0.25) is 20.4 Å². The highest BCUT2D eigenvalue weighted by molar-refractivity contribution is 8.00. The van der Waals surface area contributed by atoms with Crippen LogP contribution in [0.2, 0.25) is 0 Å². The maximum absolute atomic E-state index is 11.8. The summed E-state index contributed by atoms with van der Waals surface area (Å²) in [6.07, 6.45) is 0.866. The quantitative estimate of drug-likeness (QED) is 0.423. The van der Waals surface area contributed by atoms with Crippen LogP contribution in [0.25, 0.3) is 0 Å². The van der Waals surface area contributed by atoms with Gasteiger partial charge in [0.1, 0.15) is 5.75 Å². The van der Waals surface area contributed by atoms with E-state index in [1.54, 1.807) is 0 Å². The van der Waals surface area contributed by atoms with Crippen molar-refractivity contribution in [3.8, 4) is 5.75 Å². The fourth-order valence-corrected chi connectivity index (χ4v) is 2.78. The van der Waals surface area contributed by atoms with Crippen LogP contribution in [0.1, 0.15) is 24.0 Å². The SMILES string of the molecule is Cc1ccc(OCCCC(=O)NNC(=O)CSc2ccc(C)cc2)cc1. The van der Waals surface area contributed by atoms with Crippen molar-refractivity contribution in [2.24, 2.45) is 0 Å². The van der Waals surface area contributed by atoms with Gasteiger partial charge in [-0.25, -0.2) is 0 Å². The second-order valence-electron chi connectivity index (χ2n) is 5.96. The first-order valence-corrected chi connectivity index (χ1v) is 9.48. The molecule has 0 atom stereocenters. The molecule has 2 aromatic carbocycles. The molecule has 0 aromatic heterocycles. The Morgan fingerprint density at radius 3 is 2.12 bits per heavy atom. The smallest absolute Gasteiger partial charge is 0.248 e. The molecule has 0 radical (unpaired) electrons. The summed E-state index contributed by atoms with van der Waals surface area (Å²) in [5.41, 5.74) is 7.21. The first-order chi connectivity index (χ1) is 12.5. The molecule has 26 heavy (non-hydrogen) atoms. The van der Waals surface area contributed by atoms with Crippen molar-refractivity contribution in [2.45, 2.75) is 31.6 Å². The molecule has 0 saturated carbocycles. The Morgan fingerprint density at radius 1 is 0.885 bits per heavy atom. The van der Waals surface area contributed by atoms with E-state index in [1.165, 1.54) is 22.9 Å². The maximum atomic E-state index is 11.8. The van der Waals surface area contributed by atoms with Crippen LogP contribution >= 0.6 is 11.8 Å². The van der Waals surface area contributed by atoms with E-state index in [1.807, 2.05) is 62.4 Å². The van der Waals surface area contributed by atoms with Gasteiger partial charge in [-0.2, -0.15) is 0 Å². The molecule has 0 spiro atoms. The number of hydrogen-bond acceptors (Lipinski definition) is 4. The number of aryl methyl sites for hydroxylation is 2. The molecule has 138 valence electrons. The lowest BCUT2D eigenvalue weighted by Crippen LogP contribution is -2.42. The summed E-state index contributed by atoms with van der Waals surface area (Å²) in [6.45, 7) is 4.48. The monoisotopic (exact) mass is 372 g/mol. The predicted molar refractivity (Wildman–Crippen MR) is 104 cm³/mol. The molecule has 2 aromatic rings. The number of benzene rings is 2. The van der Waals surface area contributed by atoms with Crippen LogP contribution in [-0.4, -0.2) is 24.2 Å². The molecular weight excluding hydrogens is 348 g/mol. The van der Waals surface area contributed by atoms with Crippen LogP contribution in [0.5, 0.6) is 5.75 Å². The second kappa shape index (κ2) is 10.5. The third-order valence-electron chi connectivity index (χ3n) is 3.57. The summed E-state index contributed by atoms with van der Waals surface area (Å²) in [7, 11) is 0. The zero-order chi connectivity index (χ0) is 18.8. The third kappa shape index (κ3) is 7.61. The predicted octanol–water partition coefficient (Wildman–Crippen LogP) is 3.40. The van der Waals surface area contributed by atoms with Crippen molar-refractivity contribution in [3.05, 3.63) is 59.7 Å². The van der Waals surface area contributed by atoms with Crippen LogP contribution in [-0.2, 0) is 9.59 Å². The Bertz CT molecular complexity index is 715. The van der Waals surface area contributed by atoms with Crippen LogP contribution in [0.4, 0.5) is 0 Å². The van der Waals surface area contributed by atoms with Gasteiger partial charge < -0.3 is 4.74 Å². The molecule has 0 aliphatic heterocycles. The molecule has 0 heterocycles. The lowest BCUT2D eigenvalue weighted by atomic mass is 10.2. The van der Waals surface area contributed by atoms with E-state index in [-0.39, 0.29) is 24.0 Å². The number of thioether (sulfide) groups is 1. The van der Waals surface area contributed by atoms with Crippen molar-refractivity contribution in [1.29, 1.82) is 0 Å². The second-order valence-corrected chi connectivity index (χ2v) is 7.01. The number of rotatable bonds is 8. The first-order valence-electron chi connectivity index (χ1n) is 8.49. The van der Waals surface area contributed by atoms with Crippen molar-refractivity contribution in [1.82, 2.24) is 10.9 Å². The van der Waals surface area contributed by atoms with Crippen molar-refractivity contribution in [3.63, 3.8) is 0 Å². The number of hydrogen-bond donors (Lipinski definition) is 2. The third-order valence-corrected chi connectivity index (χ3v) is 4.58. The largest absolute Gasteiger partial charge is 0.494 e. The highest BCUT2D eigenvalue weighted by atomic mass is 32.2. The summed E-state index contributed by atoms with van der Waals surface area (Å²) < 4.78 is 5.56. The number of carbonyl (C=O) groups is 2. The molecule has 0 fully saturated rings. The number of hydrazine groups is 1. The van der Waals surface area contributed by atoms with Gasteiger partial charge >= 0.3 is 0 Å². The molecule has 0 aliphatic rings. The summed E-state index contributed by atoms with van der Waals surface area (Å²) >= 11 is 1.43. The van der Waals surface area contributed by atoms with Gasteiger partial charge in [-0.1, -0.05) is 35.4 Å². The van der Waals surface area contributed by atoms with Gasteiger partial charge in [0.05, 0.1) is 12.4 Å². The van der Waals surface area contributed by atoms with E-state index in [2.05, 4.69) is 10.9 Å². The standard InChI is InChI=1S/C20H24N2O3S/c1-15-5-9-17(10-6-15)25-13-3-4-19(23)21-22-20(24)14-26-18-11-7-16(2)8-12-18/h5-12H,3-4,13-14H2,1-2H3,(H,21,23)(H,22,24). The van der Waals surface area contributed by atoms with E-state index in [0.29, 0.717) is 13.0 Å². The molecule has 0 saturated heterocycles. The molecular formula is C20H24N2O3S. The summed E-state index contributed by atoms with van der Waals surface area (Å²) in [4.78, 5) is 24.5. The van der Waals surface area contributed by atoms with Gasteiger partial charge in [0, 0.05) is 11.3 Å². The van der Waals surface area contributed by atoms with Crippen molar-refractivity contribution in [2.75, 3.05) is 12.4 Å². The molecule has 0 bridgehead atoms. The molecule has 0 aliphatic carbocycles. The molecule has 2 amide bonds. The number of carbonyl (C=O) groups excluding carboxylic acids is 2. The molecule has 2 rings (SSSR count). The lowest BCUT2D eigenvalue weighted by molar-refractivity contribution is -0.127. The van der Waals surface area contributed by atoms with E-state index >= 15 is 0 Å². The van der Waals surface area contributed by atoms with E-state index in [9.17, 15) is 9.59 Å². The Morgan fingerprint density at radius 2 is 1.46 bits per heavy atom. The number of ether oxygens (including phenoxy) is 1. The zero-order valence-electron chi connectivity index (χ0n) is 15.1. The van der Waals surface area contributed by atoms with Crippen LogP contribution in [0.15, 0.2) is 53.4 Å². The van der Waals surface area contributed by atoms with Crippen LogP contribution in [0.3, 0.4) is 0 Å². The minimum Gasteiger partial charge on any atom is -0.494 e. The summed E-state index contributed by atoms with van der Waals surface area (Å²) in [5, 5.41) is 0. The number of amides is 2. The van der Waals surface area contributed by atoms with Gasteiger partial charge in [-0.05, 0) is 44.5 Å². The minimum atomic E-state index is -0.236. The van der Waals surface area contributed by atoms with Crippen LogP contribution in [0, 0.1) is 13.8 Å².